The Morgan fingerprint density at radius 3 is 2.14 bits per heavy atom. The van der Waals surface area contributed by atoms with E-state index in [1.807, 2.05) is 6.07 Å². The van der Waals surface area contributed by atoms with Gasteiger partial charge in [-0.1, -0.05) is 30.3 Å². The standard InChI is InChI=1S/C27H26F6N6O3/c1-2-38-15-17(23(40)36-24(38)41)14-37-10-12-39(13-11-37)20-5-3-4-19-21(20)35-22(34-19)16-6-8-18(9-7-16)25(42,26(28,29)30)27(31,32)33/h3-9,15,42H,2,10-14H2,1H3,(H,34,35)(H,36,40,41). The van der Waals surface area contributed by atoms with Gasteiger partial charge in [-0.2, -0.15) is 26.3 Å². The van der Waals surface area contributed by atoms with Crippen LogP contribution in [0.2, 0.25) is 0 Å². The van der Waals surface area contributed by atoms with Crippen LogP contribution in [-0.4, -0.2) is 68.1 Å². The second-order valence-electron chi connectivity index (χ2n) is 10.0. The highest BCUT2D eigenvalue weighted by Crippen LogP contribution is 2.50. The van der Waals surface area contributed by atoms with Gasteiger partial charge in [-0.05, 0) is 19.1 Å². The molecule has 2 aromatic carbocycles. The summed E-state index contributed by atoms with van der Waals surface area (Å²) in [5.74, 6) is 0.232. The molecule has 1 fully saturated rings. The van der Waals surface area contributed by atoms with E-state index in [1.165, 1.54) is 4.57 Å². The van der Waals surface area contributed by atoms with E-state index in [-0.39, 0.29) is 11.4 Å². The third-order valence-electron chi connectivity index (χ3n) is 7.42. The van der Waals surface area contributed by atoms with Gasteiger partial charge in [-0.3, -0.25) is 14.7 Å². The molecular weight excluding hydrogens is 570 g/mol. The van der Waals surface area contributed by atoms with Crippen molar-refractivity contribution in [2.75, 3.05) is 31.1 Å². The topological polar surface area (TPSA) is 110 Å². The first kappa shape index (κ1) is 29.4. The molecule has 0 unspecified atom stereocenters. The van der Waals surface area contributed by atoms with Gasteiger partial charge in [0.15, 0.2) is 0 Å². The lowest BCUT2D eigenvalue weighted by atomic mass is 9.91. The molecule has 1 saturated heterocycles. The summed E-state index contributed by atoms with van der Waals surface area (Å²) in [6, 6.07) is 8.66. The summed E-state index contributed by atoms with van der Waals surface area (Å²) in [5.41, 5.74) is -4.55. The summed E-state index contributed by atoms with van der Waals surface area (Å²) in [6.45, 7) is 5.01. The van der Waals surface area contributed by atoms with Crippen molar-refractivity contribution in [3.63, 3.8) is 0 Å². The summed E-state index contributed by atoms with van der Waals surface area (Å²) in [7, 11) is 0. The first-order chi connectivity index (χ1) is 19.7. The lowest BCUT2D eigenvalue weighted by molar-refractivity contribution is -0.376. The van der Waals surface area contributed by atoms with Crippen LogP contribution < -0.4 is 16.1 Å². The van der Waals surface area contributed by atoms with Crippen LogP contribution in [0.4, 0.5) is 32.0 Å². The number of imidazole rings is 1. The van der Waals surface area contributed by atoms with Gasteiger partial charge in [0.25, 0.3) is 11.2 Å². The van der Waals surface area contributed by atoms with Crippen LogP contribution in [-0.2, 0) is 18.7 Å². The summed E-state index contributed by atoms with van der Waals surface area (Å²) in [6.07, 6.45) is -10.4. The zero-order valence-electron chi connectivity index (χ0n) is 22.2. The Hall–Kier alpha value is -4.11. The average molecular weight is 597 g/mol. The number of aliphatic hydroxyl groups is 1. The van der Waals surface area contributed by atoms with Crippen molar-refractivity contribution in [2.24, 2.45) is 0 Å². The molecule has 3 N–H and O–H groups in total. The van der Waals surface area contributed by atoms with Crippen LogP contribution >= 0.6 is 0 Å². The first-order valence-corrected chi connectivity index (χ1v) is 13.0. The molecule has 5 rings (SSSR count). The molecule has 9 nitrogen and oxygen atoms in total. The highest BCUT2D eigenvalue weighted by atomic mass is 19.4. The number of halogens is 6. The van der Waals surface area contributed by atoms with Gasteiger partial charge in [0.1, 0.15) is 11.3 Å². The Bertz CT molecular complexity index is 1690. The molecule has 42 heavy (non-hydrogen) atoms. The number of hydrogen-bond donors (Lipinski definition) is 3. The minimum absolute atomic E-state index is 0.232. The van der Waals surface area contributed by atoms with Gasteiger partial charge < -0.3 is 19.6 Å². The molecule has 1 aliphatic rings. The number of alkyl halides is 6. The fraction of sp³-hybridized carbons (Fsp3) is 0.370. The quantitative estimate of drug-likeness (QED) is 0.293. The molecule has 2 aromatic heterocycles. The first-order valence-electron chi connectivity index (χ1n) is 13.0. The number of anilines is 1. The van der Waals surface area contributed by atoms with Crippen molar-refractivity contribution in [3.8, 4) is 11.4 Å². The third-order valence-corrected chi connectivity index (χ3v) is 7.42. The van der Waals surface area contributed by atoms with Crippen molar-refractivity contribution in [2.45, 2.75) is 38.0 Å². The minimum atomic E-state index is -5.97. The van der Waals surface area contributed by atoms with Gasteiger partial charge in [-0.15, -0.1) is 0 Å². The maximum atomic E-state index is 13.2. The molecule has 0 saturated carbocycles. The number of fused-ring (bicyclic) bond motifs is 1. The number of hydrogen-bond acceptors (Lipinski definition) is 6. The van der Waals surface area contributed by atoms with Gasteiger partial charge in [-0.25, -0.2) is 9.78 Å². The lowest BCUT2D eigenvalue weighted by Gasteiger charge is -2.36. The Balaban J connectivity index is 1.35. The van der Waals surface area contributed by atoms with Crippen LogP contribution in [0, 0.1) is 0 Å². The number of aromatic amines is 2. The number of H-pyrrole nitrogens is 2. The minimum Gasteiger partial charge on any atom is -0.369 e. The van der Waals surface area contributed by atoms with Crippen molar-refractivity contribution < 1.29 is 31.4 Å². The van der Waals surface area contributed by atoms with Crippen molar-refractivity contribution in [3.05, 3.63) is 80.6 Å². The normalized spacial score (nSPS) is 15.5. The van der Waals surface area contributed by atoms with Crippen LogP contribution in [0.15, 0.2) is 58.3 Å². The molecule has 3 heterocycles. The van der Waals surface area contributed by atoms with E-state index in [2.05, 4.69) is 24.8 Å². The zero-order valence-corrected chi connectivity index (χ0v) is 22.2. The van der Waals surface area contributed by atoms with E-state index in [0.717, 1.165) is 17.8 Å². The van der Waals surface area contributed by atoms with E-state index in [1.54, 1.807) is 25.3 Å². The number of aryl methyl sites for hydroxylation is 1. The maximum absolute atomic E-state index is 13.2. The lowest BCUT2D eigenvalue weighted by Crippen LogP contribution is -2.53. The molecule has 0 atom stereocenters. The highest BCUT2D eigenvalue weighted by molar-refractivity contribution is 5.91. The predicted octanol–water partition coefficient (Wildman–Crippen LogP) is 3.73. The van der Waals surface area contributed by atoms with Crippen LogP contribution in [0.3, 0.4) is 0 Å². The SMILES string of the molecule is CCn1cc(CN2CCN(c3cccc4[nH]c(-c5ccc(C(O)(C(F)(F)F)C(F)(F)F)cc5)nc34)CC2)c(=O)[nH]c1=O. The van der Waals surface area contributed by atoms with E-state index in [9.17, 15) is 41.0 Å². The van der Waals surface area contributed by atoms with E-state index in [0.29, 0.717) is 68.0 Å². The third kappa shape index (κ3) is 5.17. The van der Waals surface area contributed by atoms with Gasteiger partial charge in [0.2, 0.25) is 0 Å². The summed E-state index contributed by atoms with van der Waals surface area (Å²) in [5, 5.41) is 9.65. The van der Waals surface area contributed by atoms with E-state index < -0.39 is 34.8 Å². The van der Waals surface area contributed by atoms with Crippen molar-refractivity contribution in [1.82, 2.24) is 24.4 Å². The monoisotopic (exact) mass is 596 g/mol. The second kappa shape index (κ2) is 10.6. The Morgan fingerprint density at radius 2 is 1.55 bits per heavy atom. The fourth-order valence-electron chi connectivity index (χ4n) is 5.06. The molecule has 224 valence electrons. The average Bonchev–Trinajstić information content (AvgIpc) is 3.38. The molecule has 0 aliphatic carbocycles. The number of benzene rings is 2. The van der Waals surface area contributed by atoms with Gasteiger partial charge >= 0.3 is 18.0 Å². The summed E-state index contributed by atoms with van der Waals surface area (Å²) >= 11 is 0. The zero-order chi connectivity index (χ0) is 30.4. The van der Waals surface area contributed by atoms with Crippen LogP contribution in [0.25, 0.3) is 22.4 Å². The number of rotatable bonds is 6. The molecule has 0 radical (unpaired) electrons. The summed E-state index contributed by atoms with van der Waals surface area (Å²) < 4.78 is 80.9. The van der Waals surface area contributed by atoms with Crippen molar-refractivity contribution in [1.29, 1.82) is 0 Å². The van der Waals surface area contributed by atoms with Crippen LogP contribution in [0.5, 0.6) is 0 Å². The fourth-order valence-corrected chi connectivity index (χ4v) is 5.06. The number of piperazine rings is 1. The molecule has 0 spiro atoms. The molecule has 15 heteroatoms. The predicted molar refractivity (Wildman–Crippen MR) is 142 cm³/mol. The number of para-hydroxylation sites is 1. The second-order valence-corrected chi connectivity index (χ2v) is 10.0. The molecular formula is C27H26F6N6O3. The van der Waals surface area contributed by atoms with E-state index >= 15 is 0 Å². The Kier molecular flexibility index (Phi) is 7.43. The molecule has 0 bridgehead atoms. The van der Waals surface area contributed by atoms with Gasteiger partial charge in [0.05, 0.1) is 11.2 Å². The Morgan fingerprint density at radius 1 is 0.905 bits per heavy atom. The van der Waals surface area contributed by atoms with Gasteiger partial charge in [0, 0.05) is 62.2 Å². The Labute approximate surface area is 234 Å². The molecule has 1 aliphatic heterocycles. The molecule has 0 amide bonds. The van der Waals surface area contributed by atoms with Crippen LogP contribution in [0.1, 0.15) is 18.1 Å². The van der Waals surface area contributed by atoms with E-state index in [4.69, 9.17) is 0 Å². The molecule has 4 aromatic rings. The van der Waals surface area contributed by atoms with Crippen molar-refractivity contribution >= 4 is 16.7 Å². The summed E-state index contributed by atoms with van der Waals surface area (Å²) in [4.78, 5) is 38.2. The smallest absolute Gasteiger partial charge is 0.369 e. The highest BCUT2D eigenvalue weighted by Gasteiger charge is 2.71. The number of nitrogens with one attached hydrogen (secondary N) is 2. The largest absolute Gasteiger partial charge is 0.430 e. The maximum Gasteiger partial charge on any atom is 0.430 e. The number of nitrogens with zero attached hydrogens (tertiary/aromatic N) is 4. The number of aromatic nitrogens is 4.